The van der Waals surface area contributed by atoms with Crippen LogP contribution >= 0.6 is 11.6 Å². The van der Waals surface area contributed by atoms with Crippen LogP contribution in [0.5, 0.6) is 11.5 Å². The van der Waals surface area contributed by atoms with E-state index in [1.807, 2.05) is 25.1 Å². The van der Waals surface area contributed by atoms with Crippen LogP contribution in [0.3, 0.4) is 0 Å². The van der Waals surface area contributed by atoms with Crippen LogP contribution in [0, 0.1) is 11.3 Å². The van der Waals surface area contributed by atoms with Gasteiger partial charge in [-0.2, -0.15) is 5.26 Å². The molecule has 2 aromatic heterocycles. The molecule has 10 heteroatoms. The van der Waals surface area contributed by atoms with Gasteiger partial charge in [0.1, 0.15) is 24.2 Å². The first-order valence-electron chi connectivity index (χ1n) is 12.6. The fourth-order valence-corrected chi connectivity index (χ4v) is 4.30. The van der Waals surface area contributed by atoms with Crippen molar-refractivity contribution < 1.29 is 14.3 Å². The summed E-state index contributed by atoms with van der Waals surface area (Å²) in [4.78, 5) is 23.4. The predicted molar refractivity (Wildman–Crippen MR) is 157 cm³/mol. The maximum Gasteiger partial charge on any atom is 0.271 e. The Bertz CT molecular complexity index is 1600. The number of ether oxygens (including phenoxy) is 2. The third-order valence-corrected chi connectivity index (χ3v) is 6.22. The van der Waals surface area contributed by atoms with Crippen molar-refractivity contribution in [3.8, 4) is 17.6 Å². The molecule has 0 spiro atoms. The standard InChI is InChI=1S/C30H29ClN6O3/c1-5-26(37(3)4)30(38)36-25-14-22-24(15-28(25)39-6-2)34-17-19(16-32)29(22)35-20-10-11-27(23(31)13-20)40-18-21-9-7-8-12-33-21/h5,7-15,17H,6,18H2,1-4H3,(H,34,35)(H,36,38)/b26-5+. The molecule has 4 rings (SSSR count). The smallest absolute Gasteiger partial charge is 0.271 e. The minimum Gasteiger partial charge on any atom is -0.492 e. The highest BCUT2D eigenvalue weighted by Gasteiger charge is 2.18. The second-order valence-electron chi connectivity index (χ2n) is 8.86. The van der Waals surface area contributed by atoms with Crippen molar-refractivity contribution in [1.29, 1.82) is 5.26 Å². The fourth-order valence-electron chi connectivity index (χ4n) is 4.07. The number of carbonyl (C=O) groups excluding carboxylic acids is 1. The first kappa shape index (κ1) is 28.2. The van der Waals surface area contributed by atoms with Gasteiger partial charge in [0.05, 0.1) is 45.5 Å². The molecule has 1 amide bonds. The Morgan fingerprint density at radius 3 is 2.60 bits per heavy atom. The van der Waals surface area contributed by atoms with Crippen LogP contribution < -0.4 is 20.1 Å². The highest BCUT2D eigenvalue weighted by Crippen LogP contribution is 2.37. The molecule has 0 saturated heterocycles. The van der Waals surface area contributed by atoms with E-state index in [1.165, 1.54) is 6.20 Å². The van der Waals surface area contributed by atoms with E-state index in [4.69, 9.17) is 21.1 Å². The number of hydrogen-bond donors (Lipinski definition) is 2. The lowest BCUT2D eigenvalue weighted by atomic mass is 10.1. The Kier molecular flexibility index (Phi) is 9.04. The second kappa shape index (κ2) is 12.8. The molecule has 0 aliphatic heterocycles. The number of carbonyl (C=O) groups is 1. The van der Waals surface area contributed by atoms with E-state index in [0.717, 1.165) is 5.69 Å². The van der Waals surface area contributed by atoms with Crippen LogP contribution in [0.25, 0.3) is 10.9 Å². The van der Waals surface area contributed by atoms with Crippen molar-refractivity contribution in [1.82, 2.24) is 14.9 Å². The van der Waals surface area contributed by atoms with Crippen molar-refractivity contribution in [2.75, 3.05) is 31.3 Å². The maximum atomic E-state index is 13.0. The highest BCUT2D eigenvalue weighted by molar-refractivity contribution is 6.32. The van der Waals surface area contributed by atoms with E-state index < -0.39 is 0 Å². The van der Waals surface area contributed by atoms with Gasteiger partial charge < -0.3 is 25.0 Å². The first-order valence-corrected chi connectivity index (χ1v) is 13.0. The third-order valence-electron chi connectivity index (χ3n) is 5.93. The molecular formula is C30H29ClN6O3. The third kappa shape index (κ3) is 6.42. The lowest BCUT2D eigenvalue weighted by molar-refractivity contribution is -0.114. The van der Waals surface area contributed by atoms with Crippen LogP contribution in [0.1, 0.15) is 25.1 Å². The van der Waals surface area contributed by atoms with E-state index in [1.54, 1.807) is 68.5 Å². The van der Waals surface area contributed by atoms with Crippen LogP contribution in [-0.2, 0) is 11.4 Å². The van der Waals surface area contributed by atoms with Gasteiger partial charge in [-0.15, -0.1) is 0 Å². The molecule has 4 aromatic rings. The van der Waals surface area contributed by atoms with Crippen LogP contribution in [-0.4, -0.2) is 41.5 Å². The Morgan fingerprint density at radius 1 is 1.12 bits per heavy atom. The summed E-state index contributed by atoms with van der Waals surface area (Å²) in [6, 6.07) is 16.6. The lowest BCUT2D eigenvalue weighted by Gasteiger charge is -2.19. The van der Waals surface area contributed by atoms with Crippen molar-refractivity contribution in [3.63, 3.8) is 0 Å². The summed E-state index contributed by atoms with van der Waals surface area (Å²) in [7, 11) is 3.59. The van der Waals surface area contributed by atoms with E-state index in [2.05, 4.69) is 26.7 Å². The van der Waals surface area contributed by atoms with Crippen molar-refractivity contribution in [3.05, 3.63) is 89.0 Å². The van der Waals surface area contributed by atoms with E-state index in [9.17, 15) is 10.1 Å². The molecule has 2 aromatic carbocycles. The summed E-state index contributed by atoms with van der Waals surface area (Å²) in [5.74, 6) is 0.683. The largest absolute Gasteiger partial charge is 0.492 e. The lowest BCUT2D eigenvalue weighted by Crippen LogP contribution is -2.25. The molecule has 2 heterocycles. The number of amides is 1. The molecule has 0 radical (unpaired) electrons. The Labute approximate surface area is 238 Å². The molecule has 9 nitrogen and oxygen atoms in total. The quantitative estimate of drug-likeness (QED) is 0.219. The van der Waals surface area contributed by atoms with Gasteiger partial charge in [-0.3, -0.25) is 14.8 Å². The number of benzene rings is 2. The number of pyridine rings is 2. The Morgan fingerprint density at radius 2 is 1.95 bits per heavy atom. The van der Waals surface area contributed by atoms with Gasteiger partial charge in [-0.1, -0.05) is 23.7 Å². The maximum absolute atomic E-state index is 13.0. The SMILES string of the molecule is C/C=C(\C(=O)Nc1cc2c(Nc3ccc(OCc4ccccn4)c(Cl)c3)c(C#N)cnc2cc1OCC)N(C)C. The van der Waals surface area contributed by atoms with Crippen LogP contribution in [0.4, 0.5) is 17.1 Å². The number of allylic oxidation sites excluding steroid dienone is 1. The summed E-state index contributed by atoms with van der Waals surface area (Å²) in [5, 5.41) is 17.1. The molecular weight excluding hydrogens is 528 g/mol. The number of likely N-dealkylation sites (N-methyl/N-ethyl adjacent to an activating group) is 1. The van der Waals surface area contributed by atoms with E-state index >= 15 is 0 Å². The molecule has 40 heavy (non-hydrogen) atoms. The predicted octanol–water partition coefficient (Wildman–Crippen LogP) is 6.28. The number of nitrogens with zero attached hydrogens (tertiary/aromatic N) is 4. The number of rotatable bonds is 10. The fraction of sp³-hybridized carbons (Fsp3) is 0.200. The topological polar surface area (TPSA) is 112 Å². The zero-order chi connectivity index (χ0) is 28.6. The van der Waals surface area contributed by atoms with Crippen molar-refractivity contribution in [2.45, 2.75) is 20.5 Å². The summed E-state index contributed by atoms with van der Waals surface area (Å²) in [6.45, 7) is 4.33. The molecule has 0 bridgehead atoms. The summed E-state index contributed by atoms with van der Waals surface area (Å²) >= 11 is 6.52. The van der Waals surface area contributed by atoms with Gasteiger partial charge in [0.2, 0.25) is 0 Å². The molecule has 0 unspecified atom stereocenters. The van der Waals surface area contributed by atoms with E-state index in [0.29, 0.717) is 62.4 Å². The van der Waals surface area contributed by atoms with Gasteiger partial charge in [0.15, 0.2) is 0 Å². The Balaban J connectivity index is 1.69. The molecule has 0 saturated carbocycles. The summed E-state index contributed by atoms with van der Waals surface area (Å²) < 4.78 is 11.6. The number of nitriles is 1. The van der Waals surface area contributed by atoms with Gasteiger partial charge in [-0.25, -0.2) is 0 Å². The van der Waals surface area contributed by atoms with Gasteiger partial charge in [0.25, 0.3) is 5.91 Å². The Hall–Kier alpha value is -4.81. The minimum absolute atomic E-state index is 0.278. The van der Waals surface area contributed by atoms with Crippen molar-refractivity contribution in [2.24, 2.45) is 0 Å². The molecule has 204 valence electrons. The zero-order valence-corrected chi connectivity index (χ0v) is 23.4. The number of fused-ring (bicyclic) bond motifs is 1. The van der Waals surface area contributed by atoms with Crippen LogP contribution in [0.15, 0.2) is 72.7 Å². The van der Waals surface area contributed by atoms with Gasteiger partial charge >= 0.3 is 0 Å². The van der Waals surface area contributed by atoms with Gasteiger partial charge in [0, 0.05) is 43.6 Å². The molecule has 0 atom stereocenters. The summed E-state index contributed by atoms with van der Waals surface area (Å²) in [5.41, 5.74) is 3.79. The molecule has 0 aliphatic rings. The van der Waals surface area contributed by atoms with Gasteiger partial charge in [-0.05, 0) is 50.2 Å². The zero-order valence-electron chi connectivity index (χ0n) is 22.7. The monoisotopic (exact) mass is 556 g/mol. The normalized spacial score (nSPS) is 11.1. The first-order chi connectivity index (χ1) is 19.3. The van der Waals surface area contributed by atoms with E-state index in [-0.39, 0.29) is 12.5 Å². The van der Waals surface area contributed by atoms with Crippen molar-refractivity contribution >= 4 is 45.5 Å². The molecule has 0 aliphatic carbocycles. The number of halogens is 1. The highest BCUT2D eigenvalue weighted by atomic mass is 35.5. The minimum atomic E-state index is -0.292. The average molecular weight is 557 g/mol. The molecule has 0 fully saturated rings. The number of aromatic nitrogens is 2. The molecule has 2 N–H and O–H groups in total. The van der Waals surface area contributed by atoms with Crippen LogP contribution in [0.2, 0.25) is 5.02 Å². The average Bonchev–Trinajstić information content (AvgIpc) is 2.94. The second-order valence-corrected chi connectivity index (χ2v) is 9.27. The number of hydrogen-bond acceptors (Lipinski definition) is 8. The number of anilines is 3. The number of nitrogens with one attached hydrogen (secondary N) is 2. The summed E-state index contributed by atoms with van der Waals surface area (Å²) in [6.07, 6.45) is 4.93.